The Bertz CT molecular complexity index is 4210. The van der Waals surface area contributed by atoms with Crippen LogP contribution >= 0.6 is 23.2 Å². The number of nitrogens with zero attached hydrogens (tertiary/aromatic N) is 13. The van der Waals surface area contributed by atoms with Crippen molar-refractivity contribution < 1.29 is 9.47 Å². The van der Waals surface area contributed by atoms with Crippen LogP contribution in [-0.4, -0.2) is 62.5 Å². The summed E-state index contributed by atoms with van der Waals surface area (Å²) in [4.78, 5) is 18.6. The van der Waals surface area contributed by atoms with Crippen LogP contribution < -0.4 is 20.1 Å². The molecule has 18 heteroatoms. The van der Waals surface area contributed by atoms with Gasteiger partial charge in [0.15, 0.2) is 22.7 Å². The van der Waals surface area contributed by atoms with Gasteiger partial charge < -0.3 is 29.2 Å². The molecule has 4 aromatic carbocycles. The molecule has 0 radical (unpaired) electrons. The predicted molar refractivity (Wildman–Crippen MR) is 298 cm³/mol. The Morgan fingerprint density at radius 3 is 1.49 bits per heavy atom. The standard InChI is InChI=1S/C37H30ClN7O2.C21H14ClN7/c1-24-15-34-30(16-33(24)39-2)32(22-45(34)27-9-14-36-42-41-23-44(36)21-27)31-17-40-18-35(37(31)38)43(19-25-5-10-28(46-3)11-6-25)20-26-7-12-29(47-4)13-8-26;1-12-5-19-14(6-18(12)24-2)16(15-7-25-8-17(23)21(15)22)10-29(19)13-3-4-20-27-26-11-28(20)9-13/h5-18,21-23H,19-20H2,1,3-4H3;3-11H,23H2,1H3. The summed E-state index contributed by atoms with van der Waals surface area (Å²) < 4.78 is 18.7. The van der Waals surface area contributed by atoms with Gasteiger partial charge in [-0.3, -0.25) is 18.8 Å². The maximum atomic E-state index is 7.82. The van der Waals surface area contributed by atoms with Crippen molar-refractivity contribution in [2.45, 2.75) is 26.9 Å². The number of halogens is 2. The zero-order valence-electron chi connectivity index (χ0n) is 41.4. The first kappa shape index (κ1) is 48.5. The number of hydrogen-bond acceptors (Lipinski definition) is 10. The fourth-order valence-electron chi connectivity index (χ4n) is 9.36. The lowest BCUT2D eigenvalue weighted by Gasteiger charge is -2.27. The number of fused-ring (bicyclic) bond motifs is 4. The molecule has 12 rings (SSSR count). The van der Waals surface area contributed by atoms with E-state index in [1.54, 1.807) is 39.3 Å². The Morgan fingerprint density at radius 2 is 1.03 bits per heavy atom. The lowest BCUT2D eigenvalue weighted by Crippen LogP contribution is -2.22. The average molecular weight is 1040 g/mol. The van der Waals surface area contributed by atoms with E-state index in [4.69, 9.17) is 56.5 Å². The van der Waals surface area contributed by atoms with Gasteiger partial charge in [0.2, 0.25) is 0 Å². The quantitative estimate of drug-likeness (QED) is 0.124. The van der Waals surface area contributed by atoms with Gasteiger partial charge in [0.05, 0.1) is 83.6 Å². The van der Waals surface area contributed by atoms with Crippen molar-refractivity contribution in [3.05, 3.63) is 214 Å². The number of pyridine rings is 4. The van der Waals surface area contributed by atoms with Gasteiger partial charge >= 0.3 is 0 Å². The van der Waals surface area contributed by atoms with Crippen molar-refractivity contribution >= 4 is 79.1 Å². The molecule has 0 saturated heterocycles. The van der Waals surface area contributed by atoms with Crippen molar-refractivity contribution in [1.29, 1.82) is 0 Å². The van der Waals surface area contributed by atoms with E-state index in [1.807, 2.05) is 120 Å². The van der Waals surface area contributed by atoms with E-state index in [0.717, 1.165) is 106 Å². The molecule has 0 unspecified atom stereocenters. The normalized spacial score (nSPS) is 11.2. The number of aromatic nitrogens is 10. The summed E-state index contributed by atoms with van der Waals surface area (Å²) in [5.41, 5.74) is 20.9. The number of rotatable bonds is 11. The molecule has 0 fully saturated rings. The van der Waals surface area contributed by atoms with E-state index in [1.165, 1.54) is 6.20 Å². The molecule has 0 atom stereocenters. The average Bonchev–Trinajstić information content (AvgIpc) is 4.32. The Hall–Kier alpha value is -9.74. The summed E-state index contributed by atoms with van der Waals surface area (Å²) in [6, 6.07) is 31.8. The van der Waals surface area contributed by atoms with Gasteiger partial charge in [0.1, 0.15) is 24.2 Å². The highest BCUT2D eigenvalue weighted by Gasteiger charge is 2.22. The van der Waals surface area contributed by atoms with Crippen molar-refractivity contribution in [2.24, 2.45) is 0 Å². The minimum Gasteiger partial charge on any atom is -0.497 e. The van der Waals surface area contributed by atoms with E-state index in [2.05, 4.69) is 79.6 Å². The van der Waals surface area contributed by atoms with Gasteiger partial charge in [-0.15, -0.1) is 20.4 Å². The van der Waals surface area contributed by atoms with E-state index in [-0.39, 0.29) is 0 Å². The van der Waals surface area contributed by atoms with Gasteiger partial charge in [-0.05, 0) is 120 Å². The molecule has 0 aliphatic carbocycles. The van der Waals surface area contributed by atoms with Crippen molar-refractivity contribution in [1.82, 2.24) is 48.3 Å². The first-order chi connectivity index (χ1) is 37.0. The predicted octanol–water partition coefficient (Wildman–Crippen LogP) is 13.3. The van der Waals surface area contributed by atoms with Gasteiger partial charge in [0, 0.05) is 72.5 Å². The van der Waals surface area contributed by atoms with Crippen LogP contribution in [0.3, 0.4) is 0 Å². The van der Waals surface area contributed by atoms with E-state index in [9.17, 15) is 0 Å². The van der Waals surface area contributed by atoms with E-state index in [0.29, 0.717) is 40.2 Å². The summed E-state index contributed by atoms with van der Waals surface area (Å²) in [7, 11) is 3.32. The number of hydrogen-bond donors (Lipinski definition) is 1. The maximum absolute atomic E-state index is 7.82. The lowest BCUT2D eigenvalue weighted by atomic mass is 10.0. The first-order valence-corrected chi connectivity index (χ1v) is 24.5. The fourth-order valence-corrected chi connectivity index (χ4v) is 9.88. The minimum absolute atomic E-state index is 0.411. The third kappa shape index (κ3) is 9.08. The van der Waals surface area contributed by atoms with Crippen molar-refractivity contribution in [3.63, 3.8) is 0 Å². The molecule has 0 spiro atoms. The Balaban J connectivity index is 0.000000181. The van der Waals surface area contributed by atoms with Crippen molar-refractivity contribution in [3.8, 4) is 45.1 Å². The molecule has 0 saturated carbocycles. The largest absolute Gasteiger partial charge is 0.497 e. The monoisotopic (exact) mass is 1040 g/mol. The van der Waals surface area contributed by atoms with Crippen molar-refractivity contribution in [2.75, 3.05) is 24.9 Å². The Kier molecular flexibility index (Phi) is 13.0. The van der Waals surface area contributed by atoms with Crippen LogP contribution in [0.15, 0.2) is 159 Å². The molecule has 0 aliphatic heterocycles. The number of nitrogen functional groups attached to an aromatic ring is 1. The van der Waals surface area contributed by atoms with Crippen LogP contribution in [0.5, 0.6) is 11.5 Å². The van der Waals surface area contributed by atoms with Gasteiger partial charge in [-0.25, -0.2) is 9.69 Å². The molecular formula is C58H44Cl2N14O2. The Labute approximate surface area is 446 Å². The van der Waals surface area contributed by atoms with Crippen LogP contribution in [0.25, 0.3) is 76.4 Å². The van der Waals surface area contributed by atoms with Gasteiger partial charge in [-0.1, -0.05) is 47.5 Å². The molecule has 0 aliphatic rings. The summed E-state index contributed by atoms with van der Waals surface area (Å²) in [6.07, 6.45) is 18.2. The molecule has 8 aromatic heterocycles. The molecule has 8 heterocycles. The van der Waals surface area contributed by atoms with E-state index >= 15 is 0 Å². The van der Waals surface area contributed by atoms with Crippen LogP contribution in [0.2, 0.25) is 10.0 Å². The zero-order valence-corrected chi connectivity index (χ0v) is 42.9. The zero-order chi connectivity index (χ0) is 52.6. The number of methoxy groups -OCH3 is 2. The molecular weight excluding hydrogens is 996 g/mol. The van der Waals surface area contributed by atoms with Crippen LogP contribution in [0, 0.1) is 27.0 Å². The molecule has 12 aromatic rings. The molecule has 0 bridgehead atoms. The summed E-state index contributed by atoms with van der Waals surface area (Å²) >= 11 is 13.9. The summed E-state index contributed by atoms with van der Waals surface area (Å²) in [5.74, 6) is 1.59. The third-order valence-corrected chi connectivity index (χ3v) is 14.2. The van der Waals surface area contributed by atoms with Gasteiger partial charge in [0.25, 0.3) is 0 Å². The SMILES string of the molecule is [C-]#[N+]c1cc2c(-c3cncc(N(Cc4ccc(OC)cc4)Cc4ccc(OC)cc4)c3Cl)cn(-c3ccc4nncn4c3)c2cc1C.[C-]#[N+]c1cc2c(-c3cncc(N)c3Cl)cn(-c3ccc4nncn4c3)c2cc1C. The molecule has 76 heavy (non-hydrogen) atoms. The molecule has 372 valence electrons. The minimum atomic E-state index is 0.411. The smallest absolute Gasteiger partial charge is 0.190 e. The second-order valence-electron chi connectivity index (χ2n) is 18.0. The van der Waals surface area contributed by atoms with Crippen LogP contribution in [0.4, 0.5) is 22.7 Å². The van der Waals surface area contributed by atoms with Crippen LogP contribution in [-0.2, 0) is 13.1 Å². The van der Waals surface area contributed by atoms with Gasteiger partial charge in [-0.2, -0.15) is 0 Å². The highest BCUT2D eigenvalue weighted by Crippen LogP contribution is 2.44. The fraction of sp³-hybridized carbons (Fsp3) is 0.103. The topological polar surface area (TPSA) is 152 Å². The van der Waals surface area contributed by atoms with E-state index < -0.39 is 0 Å². The third-order valence-electron chi connectivity index (χ3n) is 13.3. The number of ether oxygens (including phenoxy) is 2. The lowest BCUT2D eigenvalue weighted by molar-refractivity contribution is 0.414. The summed E-state index contributed by atoms with van der Waals surface area (Å²) in [5, 5.41) is 19.0. The molecule has 0 amide bonds. The second kappa shape index (κ2) is 20.3. The highest BCUT2D eigenvalue weighted by atomic mass is 35.5. The number of aryl methyl sites for hydroxylation is 2. The maximum Gasteiger partial charge on any atom is 0.190 e. The number of benzene rings is 4. The first-order valence-electron chi connectivity index (χ1n) is 23.7. The Morgan fingerprint density at radius 1 is 0.566 bits per heavy atom. The summed E-state index contributed by atoms with van der Waals surface area (Å²) in [6.45, 7) is 20.4. The number of anilines is 2. The second-order valence-corrected chi connectivity index (χ2v) is 18.7. The number of nitrogens with two attached hydrogens (primary N) is 1. The molecule has 2 N–H and O–H groups in total. The van der Waals surface area contributed by atoms with Crippen LogP contribution in [0.1, 0.15) is 22.3 Å². The molecule has 16 nitrogen and oxygen atoms in total. The highest BCUT2D eigenvalue weighted by molar-refractivity contribution is 6.37.